The molecule has 0 amide bonds. The van der Waals surface area contributed by atoms with E-state index in [0.717, 1.165) is 32.2 Å². The van der Waals surface area contributed by atoms with Crippen LogP contribution in [0.5, 0.6) is 0 Å². The highest BCUT2D eigenvalue weighted by atomic mass is 16.5. The van der Waals surface area contributed by atoms with Crippen molar-refractivity contribution in [3.8, 4) is 0 Å². The quantitative estimate of drug-likeness (QED) is 0.743. The molecular weight excluding hydrogens is 236 g/mol. The van der Waals surface area contributed by atoms with E-state index in [1.54, 1.807) is 7.11 Å². The molecule has 0 saturated carbocycles. The van der Waals surface area contributed by atoms with Gasteiger partial charge in [0.25, 0.3) is 0 Å². The van der Waals surface area contributed by atoms with Gasteiger partial charge in [0.2, 0.25) is 0 Å². The first-order valence-electron chi connectivity index (χ1n) is 7.25. The summed E-state index contributed by atoms with van der Waals surface area (Å²) in [4.78, 5) is 4.17. The van der Waals surface area contributed by atoms with E-state index in [1.165, 1.54) is 5.56 Å². The fourth-order valence-electron chi connectivity index (χ4n) is 2.15. The number of aryl methyl sites for hydroxylation is 1. The van der Waals surface area contributed by atoms with Gasteiger partial charge in [-0.3, -0.25) is 4.98 Å². The van der Waals surface area contributed by atoms with Crippen molar-refractivity contribution in [1.82, 2.24) is 10.3 Å². The Hall–Kier alpha value is -0.930. The van der Waals surface area contributed by atoms with E-state index in [4.69, 9.17) is 4.74 Å². The molecule has 0 saturated heterocycles. The number of hydrogen-bond acceptors (Lipinski definition) is 3. The standard InChI is InChI=1S/C16H28N2O/c1-5-18-15(10-11-16(2,3)19-4)9-8-14-7-6-12-17-13-14/h6-7,12-13,15,18H,5,8-11H2,1-4H3. The minimum Gasteiger partial charge on any atom is -0.379 e. The first kappa shape index (κ1) is 16.1. The first-order chi connectivity index (χ1) is 9.07. The van der Waals surface area contributed by atoms with E-state index in [-0.39, 0.29) is 5.60 Å². The second-order valence-corrected chi connectivity index (χ2v) is 5.66. The van der Waals surface area contributed by atoms with Crippen LogP contribution in [0, 0.1) is 0 Å². The Morgan fingerprint density at radius 3 is 2.74 bits per heavy atom. The number of aromatic nitrogens is 1. The SMILES string of the molecule is CCNC(CCc1cccnc1)CCC(C)(C)OC. The highest BCUT2D eigenvalue weighted by molar-refractivity contribution is 5.08. The van der Waals surface area contributed by atoms with Crippen molar-refractivity contribution in [2.45, 2.75) is 58.1 Å². The fraction of sp³-hybridized carbons (Fsp3) is 0.688. The van der Waals surface area contributed by atoms with Crippen molar-refractivity contribution >= 4 is 0 Å². The van der Waals surface area contributed by atoms with Crippen molar-refractivity contribution in [2.75, 3.05) is 13.7 Å². The summed E-state index contributed by atoms with van der Waals surface area (Å²) in [6, 6.07) is 4.71. The van der Waals surface area contributed by atoms with Crippen LogP contribution in [-0.4, -0.2) is 30.3 Å². The lowest BCUT2D eigenvalue weighted by Gasteiger charge is -2.26. The van der Waals surface area contributed by atoms with Gasteiger partial charge in [0.1, 0.15) is 0 Å². The zero-order chi connectivity index (χ0) is 14.1. The number of ether oxygens (including phenoxy) is 1. The van der Waals surface area contributed by atoms with E-state index in [2.05, 4.69) is 37.1 Å². The van der Waals surface area contributed by atoms with Crippen LogP contribution in [0.4, 0.5) is 0 Å². The first-order valence-corrected chi connectivity index (χ1v) is 7.25. The van der Waals surface area contributed by atoms with E-state index in [1.807, 2.05) is 18.5 Å². The zero-order valence-corrected chi connectivity index (χ0v) is 12.8. The maximum Gasteiger partial charge on any atom is 0.0623 e. The lowest BCUT2D eigenvalue weighted by molar-refractivity contribution is 0.0116. The molecule has 0 radical (unpaired) electrons. The van der Waals surface area contributed by atoms with Crippen LogP contribution in [0.25, 0.3) is 0 Å². The minimum absolute atomic E-state index is 0.0258. The van der Waals surface area contributed by atoms with Crippen LogP contribution < -0.4 is 5.32 Å². The topological polar surface area (TPSA) is 34.2 Å². The second-order valence-electron chi connectivity index (χ2n) is 5.66. The van der Waals surface area contributed by atoms with Gasteiger partial charge in [0, 0.05) is 25.5 Å². The third-order valence-corrected chi connectivity index (χ3v) is 3.64. The van der Waals surface area contributed by atoms with Crippen molar-refractivity contribution in [1.29, 1.82) is 0 Å². The highest BCUT2D eigenvalue weighted by Crippen LogP contribution is 2.18. The molecule has 1 atom stereocenters. The molecule has 0 aliphatic carbocycles. The van der Waals surface area contributed by atoms with Gasteiger partial charge < -0.3 is 10.1 Å². The average molecular weight is 264 g/mol. The van der Waals surface area contributed by atoms with E-state index >= 15 is 0 Å². The van der Waals surface area contributed by atoms with Crippen LogP contribution in [0.2, 0.25) is 0 Å². The highest BCUT2D eigenvalue weighted by Gasteiger charge is 2.18. The third-order valence-electron chi connectivity index (χ3n) is 3.64. The Morgan fingerprint density at radius 2 is 2.16 bits per heavy atom. The number of nitrogens with one attached hydrogen (secondary N) is 1. The molecule has 1 unspecified atom stereocenters. The lowest BCUT2D eigenvalue weighted by Crippen LogP contribution is -2.33. The monoisotopic (exact) mass is 264 g/mol. The van der Waals surface area contributed by atoms with Crippen LogP contribution in [0.3, 0.4) is 0 Å². The van der Waals surface area contributed by atoms with Gasteiger partial charge in [0.15, 0.2) is 0 Å². The number of rotatable bonds is 9. The van der Waals surface area contributed by atoms with Crippen molar-refractivity contribution in [3.63, 3.8) is 0 Å². The summed E-state index contributed by atoms with van der Waals surface area (Å²) in [7, 11) is 1.79. The summed E-state index contributed by atoms with van der Waals surface area (Å²) in [5.41, 5.74) is 1.29. The molecule has 1 aromatic rings. The maximum atomic E-state index is 5.49. The number of hydrogen-bond donors (Lipinski definition) is 1. The summed E-state index contributed by atoms with van der Waals surface area (Å²) in [5, 5.41) is 3.57. The normalized spacial score (nSPS) is 13.5. The van der Waals surface area contributed by atoms with E-state index in [0.29, 0.717) is 6.04 Å². The molecule has 1 aromatic heterocycles. The molecule has 3 nitrogen and oxygen atoms in total. The molecule has 1 rings (SSSR count). The minimum atomic E-state index is -0.0258. The largest absolute Gasteiger partial charge is 0.379 e. The molecule has 1 N–H and O–H groups in total. The molecule has 0 fully saturated rings. The molecule has 0 aromatic carbocycles. The molecular formula is C16H28N2O. The summed E-state index contributed by atoms with van der Waals surface area (Å²) in [5.74, 6) is 0. The van der Waals surface area contributed by atoms with Gasteiger partial charge in [-0.2, -0.15) is 0 Å². The van der Waals surface area contributed by atoms with Gasteiger partial charge in [-0.1, -0.05) is 13.0 Å². The Morgan fingerprint density at radius 1 is 1.37 bits per heavy atom. The summed E-state index contributed by atoms with van der Waals surface area (Å²) in [6.07, 6.45) is 8.25. The van der Waals surface area contributed by atoms with Gasteiger partial charge >= 0.3 is 0 Å². The number of methoxy groups -OCH3 is 1. The smallest absolute Gasteiger partial charge is 0.0623 e. The molecule has 108 valence electrons. The van der Waals surface area contributed by atoms with Crippen molar-refractivity contribution in [3.05, 3.63) is 30.1 Å². The molecule has 0 aliphatic heterocycles. The maximum absolute atomic E-state index is 5.49. The Labute approximate surface area is 117 Å². The van der Waals surface area contributed by atoms with Crippen LogP contribution in [-0.2, 0) is 11.2 Å². The molecule has 3 heteroatoms. The fourth-order valence-corrected chi connectivity index (χ4v) is 2.15. The molecule has 1 heterocycles. The number of nitrogens with zero attached hydrogens (tertiary/aromatic N) is 1. The zero-order valence-electron chi connectivity index (χ0n) is 12.8. The van der Waals surface area contributed by atoms with Crippen molar-refractivity contribution in [2.24, 2.45) is 0 Å². The van der Waals surface area contributed by atoms with E-state index in [9.17, 15) is 0 Å². The van der Waals surface area contributed by atoms with E-state index < -0.39 is 0 Å². The summed E-state index contributed by atoms with van der Waals surface area (Å²) < 4.78 is 5.49. The van der Waals surface area contributed by atoms with Gasteiger partial charge in [-0.05, 0) is 57.7 Å². The van der Waals surface area contributed by atoms with Gasteiger partial charge in [-0.25, -0.2) is 0 Å². The van der Waals surface area contributed by atoms with Gasteiger partial charge in [0.05, 0.1) is 5.60 Å². The number of pyridine rings is 1. The van der Waals surface area contributed by atoms with Gasteiger partial charge in [-0.15, -0.1) is 0 Å². The molecule has 0 bridgehead atoms. The molecule has 0 aliphatic rings. The Kier molecular flexibility index (Phi) is 7.03. The van der Waals surface area contributed by atoms with Crippen LogP contribution >= 0.6 is 0 Å². The predicted molar refractivity (Wildman–Crippen MR) is 80.3 cm³/mol. The summed E-state index contributed by atoms with van der Waals surface area (Å²) >= 11 is 0. The lowest BCUT2D eigenvalue weighted by atomic mass is 9.95. The third kappa shape index (κ3) is 6.69. The Balaban J connectivity index is 2.40. The van der Waals surface area contributed by atoms with Crippen LogP contribution in [0.1, 0.15) is 45.6 Å². The molecule has 19 heavy (non-hydrogen) atoms. The second kappa shape index (κ2) is 8.28. The predicted octanol–water partition coefficient (Wildman–Crippen LogP) is 3.20. The summed E-state index contributed by atoms with van der Waals surface area (Å²) in [6.45, 7) is 7.48. The van der Waals surface area contributed by atoms with Crippen LogP contribution in [0.15, 0.2) is 24.5 Å². The van der Waals surface area contributed by atoms with Crippen molar-refractivity contribution < 1.29 is 4.74 Å². The average Bonchev–Trinajstić information content (AvgIpc) is 2.43. The Bertz CT molecular complexity index is 338. The molecule has 0 spiro atoms.